The average molecular weight is 196 g/mol. The van der Waals surface area contributed by atoms with Crippen molar-refractivity contribution < 1.29 is 0 Å². The van der Waals surface area contributed by atoms with Crippen molar-refractivity contribution in [2.24, 2.45) is 5.73 Å². The molecule has 82 valence electrons. The van der Waals surface area contributed by atoms with Gasteiger partial charge in [0.25, 0.3) is 0 Å². The highest BCUT2D eigenvalue weighted by atomic mass is 15.0. The molecule has 0 aromatic carbocycles. The van der Waals surface area contributed by atoms with E-state index in [0.717, 1.165) is 12.6 Å². The van der Waals surface area contributed by atoms with Crippen molar-refractivity contribution >= 4 is 0 Å². The fraction of sp³-hybridized carbons (Fsp3) is 1.00. The van der Waals surface area contributed by atoms with E-state index in [1.54, 1.807) is 0 Å². The summed E-state index contributed by atoms with van der Waals surface area (Å²) in [4.78, 5) is 0. The zero-order valence-corrected chi connectivity index (χ0v) is 9.23. The van der Waals surface area contributed by atoms with Crippen LogP contribution >= 0.6 is 0 Å². The van der Waals surface area contributed by atoms with E-state index < -0.39 is 0 Å². The van der Waals surface area contributed by atoms with Crippen LogP contribution in [0.2, 0.25) is 0 Å². The van der Waals surface area contributed by atoms with Crippen LogP contribution in [0.5, 0.6) is 0 Å². The lowest BCUT2D eigenvalue weighted by molar-refractivity contribution is 0.273. The van der Waals surface area contributed by atoms with Gasteiger partial charge < -0.3 is 11.1 Å². The van der Waals surface area contributed by atoms with Gasteiger partial charge in [0.2, 0.25) is 0 Å². The largest absolute Gasteiger partial charge is 0.324 e. The molecule has 2 heteroatoms. The van der Waals surface area contributed by atoms with Crippen LogP contribution in [0.3, 0.4) is 0 Å². The van der Waals surface area contributed by atoms with E-state index in [0.29, 0.717) is 0 Å². The zero-order valence-electron chi connectivity index (χ0n) is 9.23. The third-order valence-electron chi connectivity index (χ3n) is 3.95. The Morgan fingerprint density at radius 2 is 1.64 bits per heavy atom. The predicted molar refractivity (Wildman–Crippen MR) is 60.3 cm³/mol. The molecule has 3 N–H and O–H groups in total. The summed E-state index contributed by atoms with van der Waals surface area (Å²) in [6.45, 7) is 1.05. The third-order valence-corrected chi connectivity index (χ3v) is 3.95. The van der Waals surface area contributed by atoms with Crippen molar-refractivity contribution in [3.8, 4) is 0 Å². The fourth-order valence-corrected chi connectivity index (χ4v) is 2.91. The first-order valence-electron chi connectivity index (χ1n) is 6.31. The number of nitrogens with one attached hydrogen (secondary N) is 1. The smallest absolute Gasteiger partial charge is 0.0280 e. The Hall–Kier alpha value is -0.0800. The predicted octanol–water partition coefficient (Wildman–Crippen LogP) is 2.18. The van der Waals surface area contributed by atoms with Crippen LogP contribution in [0.1, 0.15) is 57.8 Å². The second-order valence-corrected chi connectivity index (χ2v) is 5.29. The van der Waals surface area contributed by atoms with Gasteiger partial charge in [-0.2, -0.15) is 0 Å². The third kappa shape index (κ3) is 2.71. The van der Waals surface area contributed by atoms with Crippen LogP contribution in [0, 0.1) is 0 Å². The second-order valence-electron chi connectivity index (χ2n) is 5.29. The summed E-state index contributed by atoms with van der Waals surface area (Å²) in [6, 6.07) is 0.775. The molecule has 0 radical (unpaired) electrons. The van der Waals surface area contributed by atoms with Crippen molar-refractivity contribution in [2.45, 2.75) is 69.4 Å². The van der Waals surface area contributed by atoms with Gasteiger partial charge in [-0.25, -0.2) is 0 Å². The highest BCUT2D eigenvalue weighted by Crippen LogP contribution is 2.26. The van der Waals surface area contributed by atoms with Crippen molar-refractivity contribution in [2.75, 3.05) is 6.54 Å². The Morgan fingerprint density at radius 1 is 1.00 bits per heavy atom. The Morgan fingerprint density at radius 3 is 2.29 bits per heavy atom. The fourth-order valence-electron chi connectivity index (χ4n) is 2.91. The molecule has 0 heterocycles. The lowest BCUT2D eigenvalue weighted by atomic mass is 9.82. The Balaban J connectivity index is 1.72. The summed E-state index contributed by atoms with van der Waals surface area (Å²) >= 11 is 0. The van der Waals surface area contributed by atoms with Gasteiger partial charge in [-0.15, -0.1) is 0 Å². The van der Waals surface area contributed by atoms with E-state index in [2.05, 4.69) is 5.32 Å². The SMILES string of the molecule is NC1(CNC2CCCC2)CCCCC1. The zero-order chi connectivity index (χ0) is 9.86. The molecule has 2 saturated carbocycles. The first-order chi connectivity index (χ1) is 6.79. The minimum atomic E-state index is 0.126. The molecule has 0 spiro atoms. The summed E-state index contributed by atoms with van der Waals surface area (Å²) in [5, 5.41) is 3.67. The number of rotatable bonds is 3. The minimum absolute atomic E-state index is 0.126. The van der Waals surface area contributed by atoms with Crippen LogP contribution in [0.4, 0.5) is 0 Å². The maximum absolute atomic E-state index is 6.37. The van der Waals surface area contributed by atoms with E-state index >= 15 is 0 Å². The molecule has 2 rings (SSSR count). The Labute approximate surface area is 87.6 Å². The van der Waals surface area contributed by atoms with Crippen molar-refractivity contribution in [1.82, 2.24) is 5.32 Å². The number of hydrogen-bond acceptors (Lipinski definition) is 2. The average Bonchev–Trinajstić information content (AvgIpc) is 2.69. The van der Waals surface area contributed by atoms with Crippen LogP contribution in [-0.4, -0.2) is 18.1 Å². The topological polar surface area (TPSA) is 38.0 Å². The molecular formula is C12H24N2. The van der Waals surface area contributed by atoms with Gasteiger partial charge in [0.1, 0.15) is 0 Å². The standard InChI is InChI=1S/C12H24N2/c13-12(8-4-1-5-9-12)10-14-11-6-2-3-7-11/h11,14H,1-10,13H2. The minimum Gasteiger partial charge on any atom is -0.324 e. The summed E-state index contributed by atoms with van der Waals surface area (Å²) in [6.07, 6.45) is 12.1. The lowest BCUT2D eigenvalue weighted by Crippen LogP contribution is -2.51. The molecule has 0 aromatic rings. The molecule has 2 nitrogen and oxygen atoms in total. The summed E-state index contributed by atoms with van der Waals surface area (Å²) in [5.41, 5.74) is 6.50. The molecule has 14 heavy (non-hydrogen) atoms. The molecule has 0 aliphatic heterocycles. The van der Waals surface area contributed by atoms with Gasteiger partial charge in [-0.1, -0.05) is 32.1 Å². The van der Waals surface area contributed by atoms with Gasteiger partial charge in [0, 0.05) is 18.1 Å². The van der Waals surface area contributed by atoms with E-state index in [4.69, 9.17) is 5.73 Å². The van der Waals surface area contributed by atoms with Gasteiger partial charge in [0.15, 0.2) is 0 Å². The summed E-state index contributed by atoms with van der Waals surface area (Å²) in [7, 11) is 0. The van der Waals surface area contributed by atoms with E-state index in [1.807, 2.05) is 0 Å². The van der Waals surface area contributed by atoms with Crippen LogP contribution in [0.15, 0.2) is 0 Å². The molecule has 0 amide bonds. The highest BCUT2D eigenvalue weighted by molar-refractivity contribution is 4.90. The molecule has 2 aliphatic rings. The maximum Gasteiger partial charge on any atom is 0.0280 e. The first-order valence-corrected chi connectivity index (χ1v) is 6.31. The molecule has 0 unspecified atom stereocenters. The normalized spacial score (nSPS) is 28.1. The van der Waals surface area contributed by atoms with Crippen LogP contribution < -0.4 is 11.1 Å². The van der Waals surface area contributed by atoms with E-state index in [1.165, 1.54) is 57.8 Å². The summed E-state index contributed by atoms with van der Waals surface area (Å²) < 4.78 is 0. The Kier molecular flexibility index (Phi) is 3.45. The maximum atomic E-state index is 6.37. The van der Waals surface area contributed by atoms with Crippen molar-refractivity contribution in [3.05, 3.63) is 0 Å². The summed E-state index contributed by atoms with van der Waals surface area (Å²) in [5.74, 6) is 0. The van der Waals surface area contributed by atoms with Crippen LogP contribution in [-0.2, 0) is 0 Å². The van der Waals surface area contributed by atoms with Crippen LogP contribution in [0.25, 0.3) is 0 Å². The second kappa shape index (κ2) is 4.63. The van der Waals surface area contributed by atoms with Gasteiger partial charge >= 0.3 is 0 Å². The highest BCUT2D eigenvalue weighted by Gasteiger charge is 2.28. The molecule has 0 aromatic heterocycles. The van der Waals surface area contributed by atoms with Crippen molar-refractivity contribution in [1.29, 1.82) is 0 Å². The molecule has 0 atom stereocenters. The monoisotopic (exact) mass is 196 g/mol. The van der Waals surface area contributed by atoms with Gasteiger partial charge in [0.05, 0.1) is 0 Å². The number of nitrogens with two attached hydrogens (primary N) is 1. The van der Waals surface area contributed by atoms with Gasteiger partial charge in [-0.05, 0) is 25.7 Å². The molecule has 0 saturated heterocycles. The lowest BCUT2D eigenvalue weighted by Gasteiger charge is -2.34. The van der Waals surface area contributed by atoms with Crippen molar-refractivity contribution in [3.63, 3.8) is 0 Å². The first kappa shape index (κ1) is 10.4. The number of hydrogen-bond donors (Lipinski definition) is 2. The molecule has 0 bridgehead atoms. The van der Waals surface area contributed by atoms with Gasteiger partial charge in [-0.3, -0.25) is 0 Å². The quantitative estimate of drug-likeness (QED) is 0.726. The Bertz CT molecular complexity index is 167. The molecular weight excluding hydrogens is 172 g/mol. The molecule has 2 aliphatic carbocycles. The molecule has 2 fully saturated rings. The van der Waals surface area contributed by atoms with E-state index in [-0.39, 0.29) is 5.54 Å². The van der Waals surface area contributed by atoms with E-state index in [9.17, 15) is 0 Å².